The summed E-state index contributed by atoms with van der Waals surface area (Å²) in [7, 11) is 0. The molecule has 0 spiro atoms. The molecule has 176 valence electrons. The van der Waals surface area contributed by atoms with E-state index in [4.69, 9.17) is 9.84 Å². The predicted molar refractivity (Wildman–Crippen MR) is 116 cm³/mol. The summed E-state index contributed by atoms with van der Waals surface area (Å²) in [4.78, 5) is 58.7. The fourth-order valence-electron chi connectivity index (χ4n) is 2.72. The van der Waals surface area contributed by atoms with E-state index in [0.717, 1.165) is 12.0 Å². The smallest absolute Gasteiger partial charge is 0.408 e. The first kappa shape index (κ1) is 26.6. The number of hydrogen-bond donors (Lipinski definition) is 4. The van der Waals surface area contributed by atoms with Crippen LogP contribution in [0.4, 0.5) is 4.79 Å². The molecule has 10 nitrogen and oxygen atoms in total. The fourth-order valence-corrected chi connectivity index (χ4v) is 2.72. The Morgan fingerprint density at radius 3 is 2.31 bits per heavy atom. The number of rotatable bonds is 14. The normalized spacial score (nSPS) is 13.2. The van der Waals surface area contributed by atoms with Gasteiger partial charge in [-0.05, 0) is 25.3 Å². The lowest BCUT2D eigenvalue weighted by Gasteiger charge is -2.22. The molecule has 32 heavy (non-hydrogen) atoms. The van der Waals surface area contributed by atoms with Gasteiger partial charge in [0.2, 0.25) is 11.8 Å². The first-order valence-electron chi connectivity index (χ1n) is 10.5. The topological polar surface area (TPSA) is 151 Å². The SMILES string of the molecule is CCCC[C@H](NC(=O)OCc1ccccc1)C(=O)N[C@@H](C)C(=O)N[C@H](C=O)CCC(=O)O. The Hall–Kier alpha value is -3.43. The largest absolute Gasteiger partial charge is 0.481 e. The molecule has 3 amide bonds. The number of hydrogen-bond acceptors (Lipinski definition) is 6. The van der Waals surface area contributed by atoms with Crippen molar-refractivity contribution >= 4 is 30.2 Å². The van der Waals surface area contributed by atoms with Crippen LogP contribution in [0.5, 0.6) is 0 Å². The molecule has 0 heterocycles. The second kappa shape index (κ2) is 14.6. The molecule has 4 N–H and O–H groups in total. The third kappa shape index (κ3) is 10.6. The van der Waals surface area contributed by atoms with E-state index in [0.29, 0.717) is 19.1 Å². The number of carboxylic acids is 1. The molecule has 0 fully saturated rings. The number of carboxylic acid groups (broad SMARTS) is 1. The monoisotopic (exact) mass is 449 g/mol. The summed E-state index contributed by atoms with van der Waals surface area (Å²) in [5, 5.41) is 16.1. The van der Waals surface area contributed by atoms with Crippen molar-refractivity contribution in [1.29, 1.82) is 0 Å². The minimum atomic E-state index is -1.09. The number of aliphatic carboxylic acids is 1. The van der Waals surface area contributed by atoms with Crippen LogP contribution >= 0.6 is 0 Å². The lowest BCUT2D eigenvalue weighted by molar-refractivity contribution is -0.137. The van der Waals surface area contributed by atoms with Gasteiger partial charge >= 0.3 is 12.1 Å². The summed E-state index contributed by atoms with van der Waals surface area (Å²) < 4.78 is 5.16. The van der Waals surface area contributed by atoms with E-state index in [-0.39, 0.29) is 19.4 Å². The lowest BCUT2D eigenvalue weighted by Crippen LogP contribution is -2.54. The third-order valence-corrected chi connectivity index (χ3v) is 4.58. The standard InChI is InChI=1S/C22H31N3O7/c1-3-4-10-18(25-22(31)32-14-16-8-6-5-7-9-16)21(30)23-15(2)20(29)24-17(13-26)11-12-19(27)28/h5-9,13,15,17-18H,3-4,10-12,14H2,1-2H3,(H,23,30)(H,24,29)(H,25,31)(H,27,28)/t15-,17-,18-/m0/s1. The van der Waals surface area contributed by atoms with Crippen LogP contribution in [0.15, 0.2) is 30.3 Å². The quantitative estimate of drug-likeness (QED) is 0.314. The van der Waals surface area contributed by atoms with Gasteiger partial charge in [0, 0.05) is 6.42 Å². The molecule has 0 unspecified atom stereocenters. The highest BCUT2D eigenvalue weighted by Crippen LogP contribution is 2.05. The van der Waals surface area contributed by atoms with E-state index < -0.39 is 42.0 Å². The Bertz CT molecular complexity index is 770. The van der Waals surface area contributed by atoms with Crippen LogP contribution in [0.3, 0.4) is 0 Å². The van der Waals surface area contributed by atoms with Gasteiger partial charge < -0.3 is 30.6 Å². The Morgan fingerprint density at radius 1 is 1.03 bits per heavy atom. The van der Waals surface area contributed by atoms with Crippen molar-refractivity contribution in [2.75, 3.05) is 0 Å². The molecular weight excluding hydrogens is 418 g/mol. The molecule has 1 aromatic carbocycles. The zero-order valence-corrected chi connectivity index (χ0v) is 18.3. The molecule has 0 radical (unpaired) electrons. The molecule has 1 aromatic rings. The second-order valence-electron chi connectivity index (χ2n) is 7.31. The van der Waals surface area contributed by atoms with Gasteiger partial charge in [0.1, 0.15) is 25.0 Å². The van der Waals surface area contributed by atoms with Crippen molar-refractivity contribution in [2.24, 2.45) is 0 Å². The van der Waals surface area contributed by atoms with Crippen molar-refractivity contribution in [1.82, 2.24) is 16.0 Å². The maximum absolute atomic E-state index is 12.6. The van der Waals surface area contributed by atoms with Crippen molar-refractivity contribution in [2.45, 2.75) is 70.7 Å². The molecule has 0 saturated heterocycles. The average Bonchev–Trinajstić information content (AvgIpc) is 2.78. The summed E-state index contributed by atoms with van der Waals surface area (Å²) in [5.41, 5.74) is 0.801. The number of benzene rings is 1. The zero-order chi connectivity index (χ0) is 23.9. The molecule has 0 saturated carbocycles. The number of carbonyl (C=O) groups is 5. The van der Waals surface area contributed by atoms with Gasteiger partial charge in [0.05, 0.1) is 6.04 Å². The molecule has 0 aliphatic heterocycles. The van der Waals surface area contributed by atoms with Crippen molar-refractivity contribution in [3.05, 3.63) is 35.9 Å². The lowest BCUT2D eigenvalue weighted by atomic mass is 10.1. The van der Waals surface area contributed by atoms with E-state index in [9.17, 15) is 24.0 Å². The second-order valence-corrected chi connectivity index (χ2v) is 7.31. The number of unbranched alkanes of at least 4 members (excludes halogenated alkanes) is 1. The molecule has 10 heteroatoms. The van der Waals surface area contributed by atoms with Crippen molar-refractivity contribution < 1.29 is 33.8 Å². The van der Waals surface area contributed by atoms with Crippen LogP contribution in [-0.4, -0.2) is 53.4 Å². The van der Waals surface area contributed by atoms with E-state index in [1.807, 2.05) is 25.1 Å². The van der Waals surface area contributed by atoms with Gasteiger partial charge in [-0.3, -0.25) is 14.4 Å². The molecule has 0 bridgehead atoms. The number of alkyl carbamates (subject to hydrolysis) is 1. The van der Waals surface area contributed by atoms with E-state index in [2.05, 4.69) is 16.0 Å². The van der Waals surface area contributed by atoms with Gasteiger partial charge in [-0.1, -0.05) is 50.1 Å². The maximum Gasteiger partial charge on any atom is 0.408 e. The molecule has 0 aliphatic rings. The number of carbonyl (C=O) groups excluding carboxylic acids is 4. The summed E-state index contributed by atoms with van der Waals surface area (Å²) in [5.74, 6) is -2.29. The zero-order valence-electron chi connectivity index (χ0n) is 18.3. The highest BCUT2D eigenvalue weighted by Gasteiger charge is 2.25. The Morgan fingerprint density at radius 2 is 1.72 bits per heavy atom. The van der Waals surface area contributed by atoms with E-state index in [1.165, 1.54) is 6.92 Å². The van der Waals surface area contributed by atoms with Gasteiger partial charge in [0.25, 0.3) is 0 Å². The van der Waals surface area contributed by atoms with Gasteiger partial charge in [0.15, 0.2) is 0 Å². The highest BCUT2D eigenvalue weighted by molar-refractivity contribution is 5.91. The maximum atomic E-state index is 12.6. The molecule has 0 aromatic heterocycles. The van der Waals surface area contributed by atoms with Crippen molar-refractivity contribution in [3.63, 3.8) is 0 Å². The number of nitrogens with one attached hydrogen (secondary N) is 3. The summed E-state index contributed by atoms with van der Waals surface area (Å²) >= 11 is 0. The number of ether oxygens (including phenoxy) is 1. The average molecular weight is 450 g/mol. The van der Waals surface area contributed by atoms with Crippen LogP contribution in [0.25, 0.3) is 0 Å². The van der Waals surface area contributed by atoms with Crippen LogP contribution in [0.2, 0.25) is 0 Å². The van der Waals surface area contributed by atoms with E-state index in [1.54, 1.807) is 12.1 Å². The summed E-state index contributed by atoms with van der Waals surface area (Å²) in [6.07, 6.45) is 1.18. The van der Waals surface area contributed by atoms with Crippen LogP contribution in [-0.2, 0) is 30.5 Å². The Labute approximate surface area is 187 Å². The fraction of sp³-hybridized carbons (Fsp3) is 0.500. The van der Waals surface area contributed by atoms with E-state index >= 15 is 0 Å². The highest BCUT2D eigenvalue weighted by atomic mass is 16.5. The third-order valence-electron chi connectivity index (χ3n) is 4.58. The summed E-state index contributed by atoms with van der Waals surface area (Å²) in [6, 6.07) is 6.21. The van der Waals surface area contributed by atoms with Crippen LogP contribution in [0, 0.1) is 0 Å². The molecule has 3 atom stereocenters. The van der Waals surface area contributed by atoms with Crippen LogP contribution in [0.1, 0.15) is 51.5 Å². The molecule has 1 rings (SSSR count). The van der Waals surface area contributed by atoms with Gasteiger partial charge in [-0.15, -0.1) is 0 Å². The minimum absolute atomic E-state index is 0.0526. The molecular formula is C22H31N3O7. The number of aldehydes is 1. The molecule has 0 aliphatic carbocycles. The predicted octanol–water partition coefficient (Wildman–Crippen LogP) is 1.52. The Balaban J connectivity index is 2.61. The first-order valence-corrected chi connectivity index (χ1v) is 10.5. The van der Waals surface area contributed by atoms with Gasteiger partial charge in [-0.25, -0.2) is 4.79 Å². The van der Waals surface area contributed by atoms with Gasteiger partial charge in [-0.2, -0.15) is 0 Å². The summed E-state index contributed by atoms with van der Waals surface area (Å²) in [6.45, 7) is 3.42. The Kier molecular flexibility index (Phi) is 12.1. The first-order chi connectivity index (χ1) is 15.3. The number of amides is 3. The van der Waals surface area contributed by atoms with Crippen LogP contribution < -0.4 is 16.0 Å². The minimum Gasteiger partial charge on any atom is -0.481 e. The van der Waals surface area contributed by atoms with Crippen molar-refractivity contribution in [3.8, 4) is 0 Å².